The number of aryl methyl sites for hydroxylation is 1. The fraction of sp³-hybridized carbons (Fsp3) is 0.667. The van der Waals surface area contributed by atoms with Crippen LogP contribution in [0.3, 0.4) is 0 Å². The zero-order chi connectivity index (χ0) is 11.4. The van der Waals surface area contributed by atoms with Crippen LogP contribution >= 0.6 is 0 Å². The van der Waals surface area contributed by atoms with Gasteiger partial charge in [0.1, 0.15) is 12.1 Å². The van der Waals surface area contributed by atoms with E-state index in [0.717, 1.165) is 43.6 Å². The zero-order valence-corrected chi connectivity index (χ0v) is 9.69. The summed E-state index contributed by atoms with van der Waals surface area (Å²) in [5.74, 6) is 0.910. The average molecular weight is 221 g/mol. The van der Waals surface area contributed by atoms with Gasteiger partial charge in [0.2, 0.25) is 0 Å². The first-order valence-corrected chi connectivity index (χ1v) is 6.03. The molecule has 1 aliphatic rings. The van der Waals surface area contributed by atoms with E-state index in [1.165, 1.54) is 0 Å². The van der Waals surface area contributed by atoms with E-state index in [4.69, 9.17) is 0 Å². The molecule has 0 saturated heterocycles. The highest BCUT2D eigenvalue weighted by molar-refractivity contribution is 5.36. The van der Waals surface area contributed by atoms with Gasteiger partial charge in [-0.1, -0.05) is 6.92 Å². The molecule has 0 unspecified atom stereocenters. The second-order valence-electron chi connectivity index (χ2n) is 4.40. The van der Waals surface area contributed by atoms with Crippen molar-refractivity contribution in [1.82, 2.24) is 9.97 Å². The van der Waals surface area contributed by atoms with E-state index in [1.807, 2.05) is 6.07 Å². The summed E-state index contributed by atoms with van der Waals surface area (Å²) in [6.45, 7) is 2.09. The second-order valence-corrected chi connectivity index (χ2v) is 4.40. The van der Waals surface area contributed by atoms with Gasteiger partial charge in [0.25, 0.3) is 0 Å². The van der Waals surface area contributed by atoms with E-state index < -0.39 is 0 Å². The quantitative estimate of drug-likeness (QED) is 0.816. The Labute approximate surface area is 96.1 Å². The molecule has 1 aliphatic carbocycles. The lowest BCUT2D eigenvalue weighted by Crippen LogP contribution is -2.28. The lowest BCUT2D eigenvalue weighted by molar-refractivity contribution is 0.126. The van der Waals surface area contributed by atoms with Crippen molar-refractivity contribution in [3.63, 3.8) is 0 Å². The van der Waals surface area contributed by atoms with Crippen LogP contribution in [0.25, 0.3) is 0 Å². The first-order valence-electron chi connectivity index (χ1n) is 6.03. The lowest BCUT2D eigenvalue weighted by Gasteiger charge is -2.26. The molecule has 1 aromatic rings. The van der Waals surface area contributed by atoms with Gasteiger partial charge in [-0.3, -0.25) is 0 Å². The van der Waals surface area contributed by atoms with Crippen molar-refractivity contribution in [2.24, 2.45) is 0 Å². The second kappa shape index (κ2) is 5.25. The highest BCUT2D eigenvalue weighted by atomic mass is 16.3. The molecule has 4 heteroatoms. The summed E-state index contributed by atoms with van der Waals surface area (Å²) in [4.78, 5) is 8.39. The van der Waals surface area contributed by atoms with E-state index in [9.17, 15) is 5.11 Å². The molecule has 1 fully saturated rings. The Bertz CT molecular complexity index is 335. The SMILES string of the molecule is CCc1cc(N[C@H]2CC[C@H](O)CC2)ncn1. The molecule has 0 aromatic carbocycles. The van der Waals surface area contributed by atoms with Gasteiger partial charge in [0, 0.05) is 17.8 Å². The van der Waals surface area contributed by atoms with E-state index in [1.54, 1.807) is 6.33 Å². The minimum atomic E-state index is -0.102. The zero-order valence-electron chi connectivity index (χ0n) is 9.69. The molecule has 0 spiro atoms. The van der Waals surface area contributed by atoms with Crippen LogP contribution in [0.4, 0.5) is 5.82 Å². The van der Waals surface area contributed by atoms with Gasteiger partial charge in [-0.25, -0.2) is 9.97 Å². The van der Waals surface area contributed by atoms with Gasteiger partial charge in [0.05, 0.1) is 6.10 Å². The number of rotatable bonds is 3. The first kappa shape index (κ1) is 11.3. The number of aliphatic hydroxyl groups is 1. The van der Waals surface area contributed by atoms with Crippen LogP contribution in [0, 0.1) is 0 Å². The summed E-state index contributed by atoms with van der Waals surface area (Å²) < 4.78 is 0. The number of aromatic nitrogens is 2. The highest BCUT2D eigenvalue weighted by Gasteiger charge is 2.19. The summed E-state index contributed by atoms with van der Waals surface area (Å²) in [6, 6.07) is 2.45. The Morgan fingerprint density at radius 2 is 2.06 bits per heavy atom. The Kier molecular flexibility index (Phi) is 3.72. The maximum Gasteiger partial charge on any atom is 0.129 e. The van der Waals surface area contributed by atoms with Gasteiger partial charge < -0.3 is 10.4 Å². The summed E-state index contributed by atoms with van der Waals surface area (Å²) >= 11 is 0. The number of nitrogens with one attached hydrogen (secondary N) is 1. The fourth-order valence-corrected chi connectivity index (χ4v) is 2.10. The van der Waals surface area contributed by atoms with E-state index in [0.29, 0.717) is 6.04 Å². The molecule has 16 heavy (non-hydrogen) atoms. The topological polar surface area (TPSA) is 58.0 Å². The van der Waals surface area contributed by atoms with Gasteiger partial charge in [-0.15, -0.1) is 0 Å². The van der Waals surface area contributed by atoms with Crippen LogP contribution < -0.4 is 5.32 Å². The molecule has 4 nitrogen and oxygen atoms in total. The van der Waals surface area contributed by atoms with Gasteiger partial charge in [-0.05, 0) is 32.1 Å². The summed E-state index contributed by atoms with van der Waals surface area (Å²) in [7, 11) is 0. The van der Waals surface area contributed by atoms with Crippen molar-refractivity contribution in [2.45, 2.75) is 51.2 Å². The van der Waals surface area contributed by atoms with Gasteiger partial charge in [-0.2, -0.15) is 0 Å². The predicted molar refractivity (Wildman–Crippen MR) is 63.3 cm³/mol. The lowest BCUT2D eigenvalue weighted by atomic mass is 9.93. The first-order chi connectivity index (χ1) is 7.78. The van der Waals surface area contributed by atoms with Crippen LogP contribution in [0.1, 0.15) is 38.3 Å². The van der Waals surface area contributed by atoms with Crippen molar-refractivity contribution in [3.8, 4) is 0 Å². The Balaban J connectivity index is 1.93. The Hall–Kier alpha value is -1.16. The van der Waals surface area contributed by atoms with Gasteiger partial charge in [0.15, 0.2) is 0 Å². The molecule has 2 N–H and O–H groups in total. The van der Waals surface area contributed by atoms with E-state index in [-0.39, 0.29) is 6.10 Å². The van der Waals surface area contributed by atoms with Crippen molar-refractivity contribution in [2.75, 3.05) is 5.32 Å². The molecule has 1 heterocycles. The van der Waals surface area contributed by atoms with E-state index in [2.05, 4.69) is 22.2 Å². The Morgan fingerprint density at radius 1 is 1.31 bits per heavy atom. The van der Waals surface area contributed by atoms with Gasteiger partial charge >= 0.3 is 0 Å². The van der Waals surface area contributed by atoms with Crippen LogP contribution in [0.2, 0.25) is 0 Å². The number of hydrogen-bond donors (Lipinski definition) is 2. The third kappa shape index (κ3) is 2.92. The molecule has 2 rings (SSSR count). The van der Waals surface area contributed by atoms with Crippen LogP contribution in [-0.2, 0) is 6.42 Å². The average Bonchev–Trinajstić information content (AvgIpc) is 2.32. The van der Waals surface area contributed by atoms with Crippen LogP contribution in [-0.4, -0.2) is 27.2 Å². The molecule has 88 valence electrons. The fourth-order valence-electron chi connectivity index (χ4n) is 2.10. The molecule has 0 bridgehead atoms. The summed E-state index contributed by atoms with van der Waals surface area (Å²) in [5.41, 5.74) is 1.06. The smallest absolute Gasteiger partial charge is 0.129 e. The van der Waals surface area contributed by atoms with Crippen molar-refractivity contribution < 1.29 is 5.11 Å². The number of nitrogens with zero attached hydrogens (tertiary/aromatic N) is 2. The maximum atomic E-state index is 9.42. The molecule has 1 aromatic heterocycles. The minimum Gasteiger partial charge on any atom is -0.393 e. The van der Waals surface area contributed by atoms with Crippen LogP contribution in [0.15, 0.2) is 12.4 Å². The molecular formula is C12H19N3O. The molecule has 0 aliphatic heterocycles. The highest BCUT2D eigenvalue weighted by Crippen LogP contribution is 2.21. The third-order valence-electron chi connectivity index (χ3n) is 3.13. The molecule has 1 saturated carbocycles. The molecule has 0 radical (unpaired) electrons. The molecule has 0 atom stereocenters. The number of hydrogen-bond acceptors (Lipinski definition) is 4. The minimum absolute atomic E-state index is 0.102. The Morgan fingerprint density at radius 3 is 2.75 bits per heavy atom. The normalized spacial score (nSPS) is 25.4. The largest absolute Gasteiger partial charge is 0.393 e. The monoisotopic (exact) mass is 221 g/mol. The number of aliphatic hydroxyl groups excluding tert-OH is 1. The summed E-state index contributed by atoms with van der Waals surface area (Å²) in [6.07, 6.45) is 6.26. The molecule has 0 amide bonds. The van der Waals surface area contributed by atoms with Crippen molar-refractivity contribution in [3.05, 3.63) is 18.1 Å². The maximum absolute atomic E-state index is 9.42. The van der Waals surface area contributed by atoms with Crippen molar-refractivity contribution >= 4 is 5.82 Å². The summed E-state index contributed by atoms with van der Waals surface area (Å²) in [5, 5.41) is 12.8. The third-order valence-corrected chi connectivity index (χ3v) is 3.13. The van der Waals surface area contributed by atoms with Crippen molar-refractivity contribution in [1.29, 1.82) is 0 Å². The molecular weight excluding hydrogens is 202 g/mol. The standard InChI is InChI=1S/C12H19N3O/c1-2-9-7-12(14-8-13-9)15-10-3-5-11(16)6-4-10/h7-8,10-11,16H,2-6H2,1H3,(H,13,14,15)/t10-,11-. The number of anilines is 1. The van der Waals surface area contributed by atoms with E-state index >= 15 is 0 Å². The van der Waals surface area contributed by atoms with Crippen LogP contribution in [0.5, 0.6) is 0 Å². The predicted octanol–water partition coefficient (Wildman–Crippen LogP) is 1.75.